The van der Waals surface area contributed by atoms with Gasteiger partial charge in [0.1, 0.15) is 0 Å². The smallest absolute Gasteiger partial charge is 0.250 e. The first kappa shape index (κ1) is 15.3. The van der Waals surface area contributed by atoms with Gasteiger partial charge in [-0.15, -0.1) is 0 Å². The van der Waals surface area contributed by atoms with E-state index in [0.29, 0.717) is 17.4 Å². The molecule has 4 aromatic rings. The van der Waals surface area contributed by atoms with Gasteiger partial charge < -0.3 is 10.3 Å². The molecule has 25 heavy (non-hydrogen) atoms. The number of carbonyl (C=O) groups excluding carboxylic acids is 1. The van der Waals surface area contributed by atoms with E-state index in [2.05, 4.69) is 0 Å². The second kappa shape index (κ2) is 5.70. The zero-order chi connectivity index (χ0) is 17.6. The molecule has 0 aliphatic rings. The van der Waals surface area contributed by atoms with E-state index < -0.39 is 17.5 Å². The van der Waals surface area contributed by atoms with Crippen molar-refractivity contribution in [2.75, 3.05) is 0 Å². The molecule has 3 aromatic carbocycles. The lowest BCUT2D eigenvalue weighted by molar-refractivity contribution is 0.100. The summed E-state index contributed by atoms with van der Waals surface area (Å²) in [5, 5.41) is 2.52. The zero-order valence-electron chi connectivity index (χ0n) is 13.2. The molecule has 4 rings (SSSR count). The third-order valence-electron chi connectivity index (χ3n) is 4.36. The van der Waals surface area contributed by atoms with Crippen molar-refractivity contribution >= 4 is 27.6 Å². The number of nitrogens with zero attached hydrogens (tertiary/aromatic N) is 1. The number of carbonyl (C=O) groups is 1. The predicted molar refractivity (Wildman–Crippen MR) is 93.4 cm³/mol. The second-order valence-corrected chi connectivity index (χ2v) is 6.00. The number of hydrogen-bond acceptors (Lipinski definition) is 1. The van der Waals surface area contributed by atoms with Crippen LogP contribution in [0.2, 0.25) is 0 Å². The van der Waals surface area contributed by atoms with Crippen LogP contribution in [0.4, 0.5) is 8.78 Å². The Balaban J connectivity index is 1.85. The van der Waals surface area contributed by atoms with E-state index in [-0.39, 0.29) is 5.56 Å². The van der Waals surface area contributed by atoms with Crippen LogP contribution in [0.15, 0.2) is 60.8 Å². The van der Waals surface area contributed by atoms with Gasteiger partial charge in [-0.2, -0.15) is 0 Å². The topological polar surface area (TPSA) is 48.0 Å². The highest BCUT2D eigenvalue weighted by atomic mass is 19.2. The summed E-state index contributed by atoms with van der Waals surface area (Å²) in [5.41, 5.74) is 6.97. The summed E-state index contributed by atoms with van der Waals surface area (Å²) in [6.07, 6.45) is 1.54. The summed E-state index contributed by atoms with van der Waals surface area (Å²) in [6.45, 7) is 0.416. The minimum Gasteiger partial charge on any atom is -0.366 e. The minimum atomic E-state index is -1.00. The molecule has 0 fully saturated rings. The number of benzene rings is 3. The SMILES string of the molecule is NC(=O)c1cn(Cc2ccc3ccccc3c2)c2cc(F)c(F)cc12. The summed E-state index contributed by atoms with van der Waals surface area (Å²) in [5.74, 6) is -2.63. The first-order chi connectivity index (χ1) is 12.0. The first-order valence-corrected chi connectivity index (χ1v) is 7.78. The van der Waals surface area contributed by atoms with E-state index in [9.17, 15) is 13.6 Å². The van der Waals surface area contributed by atoms with Crippen LogP contribution in [0.25, 0.3) is 21.7 Å². The third-order valence-corrected chi connectivity index (χ3v) is 4.36. The molecule has 0 aliphatic heterocycles. The molecule has 3 nitrogen and oxygen atoms in total. The molecule has 0 bridgehead atoms. The Morgan fingerprint density at radius 1 is 0.960 bits per heavy atom. The fourth-order valence-corrected chi connectivity index (χ4v) is 3.15. The van der Waals surface area contributed by atoms with Crippen LogP contribution in [-0.4, -0.2) is 10.5 Å². The summed E-state index contributed by atoms with van der Waals surface area (Å²) in [7, 11) is 0. The lowest BCUT2D eigenvalue weighted by Gasteiger charge is -2.07. The zero-order valence-corrected chi connectivity index (χ0v) is 13.2. The Morgan fingerprint density at radius 3 is 2.44 bits per heavy atom. The van der Waals surface area contributed by atoms with Gasteiger partial charge in [-0.05, 0) is 28.5 Å². The van der Waals surface area contributed by atoms with Crippen molar-refractivity contribution in [2.24, 2.45) is 5.73 Å². The molecule has 1 aromatic heterocycles. The molecule has 0 saturated heterocycles. The van der Waals surface area contributed by atoms with Crippen molar-refractivity contribution in [3.05, 3.63) is 83.6 Å². The third kappa shape index (κ3) is 2.63. The van der Waals surface area contributed by atoms with Crippen molar-refractivity contribution in [1.29, 1.82) is 0 Å². The van der Waals surface area contributed by atoms with Crippen LogP contribution in [-0.2, 0) is 6.54 Å². The second-order valence-electron chi connectivity index (χ2n) is 6.00. The monoisotopic (exact) mass is 336 g/mol. The van der Waals surface area contributed by atoms with E-state index in [1.54, 1.807) is 10.8 Å². The summed E-state index contributed by atoms with van der Waals surface area (Å²) < 4.78 is 29.0. The van der Waals surface area contributed by atoms with Gasteiger partial charge in [0.15, 0.2) is 11.6 Å². The largest absolute Gasteiger partial charge is 0.366 e. The quantitative estimate of drug-likeness (QED) is 0.598. The number of fused-ring (bicyclic) bond motifs is 2. The van der Waals surface area contributed by atoms with Crippen molar-refractivity contribution in [1.82, 2.24) is 4.57 Å². The molecule has 0 unspecified atom stereocenters. The molecular formula is C20H14F2N2O. The number of amides is 1. The Bertz CT molecular complexity index is 1130. The van der Waals surface area contributed by atoms with Gasteiger partial charge >= 0.3 is 0 Å². The standard InChI is InChI=1S/C20H14F2N2O/c21-17-8-15-16(20(23)25)11-24(19(15)9-18(17)22)10-12-5-6-13-3-1-2-4-14(13)7-12/h1-9,11H,10H2,(H2,23,25). The maximum absolute atomic E-state index is 13.7. The number of hydrogen-bond donors (Lipinski definition) is 1. The molecular weight excluding hydrogens is 322 g/mol. The number of halogens is 2. The molecule has 0 atom stereocenters. The maximum atomic E-state index is 13.7. The van der Waals surface area contributed by atoms with Crippen LogP contribution in [0.1, 0.15) is 15.9 Å². The molecule has 124 valence electrons. The first-order valence-electron chi connectivity index (χ1n) is 7.78. The number of rotatable bonds is 3. The van der Waals surface area contributed by atoms with Crippen molar-refractivity contribution in [3.63, 3.8) is 0 Å². The van der Waals surface area contributed by atoms with Crippen molar-refractivity contribution in [2.45, 2.75) is 6.54 Å². The minimum absolute atomic E-state index is 0.176. The van der Waals surface area contributed by atoms with E-state index in [1.165, 1.54) is 0 Å². The number of nitrogens with two attached hydrogens (primary N) is 1. The molecule has 1 amide bonds. The lowest BCUT2D eigenvalue weighted by Crippen LogP contribution is -2.10. The van der Waals surface area contributed by atoms with Gasteiger partial charge in [-0.1, -0.05) is 36.4 Å². The van der Waals surface area contributed by atoms with Gasteiger partial charge in [-0.25, -0.2) is 8.78 Å². The number of primary amides is 1. The fraction of sp³-hybridized carbons (Fsp3) is 0.0500. The Kier molecular flexibility index (Phi) is 3.50. The Labute approximate surface area is 142 Å². The van der Waals surface area contributed by atoms with E-state index in [4.69, 9.17) is 5.73 Å². The molecule has 0 aliphatic carbocycles. The molecule has 5 heteroatoms. The van der Waals surface area contributed by atoms with Gasteiger partial charge in [-0.3, -0.25) is 4.79 Å². The van der Waals surface area contributed by atoms with Crippen LogP contribution in [0, 0.1) is 11.6 Å². The van der Waals surface area contributed by atoms with Gasteiger partial charge in [0.25, 0.3) is 5.91 Å². The molecule has 0 spiro atoms. The Morgan fingerprint density at radius 2 is 1.68 bits per heavy atom. The predicted octanol–water partition coefficient (Wildman–Crippen LogP) is 4.22. The van der Waals surface area contributed by atoms with Gasteiger partial charge in [0, 0.05) is 24.2 Å². The number of aromatic nitrogens is 1. The van der Waals surface area contributed by atoms with Crippen LogP contribution in [0.3, 0.4) is 0 Å². The van der Waals surface area contributed by atoms with Crippen LogP contribution >= 0.6 is 0 Å². The van der Waals surface area contributed by atoms with E-state index in [0.717, 1.165) is 28.5 Å². The summed E-state index contributed by atoms with van der Waals surface area (Å²) in [6, 6.07) is 16.1. The molecule has 0 saturated carbocycles. The fourth-order valence-electron chi connectivity index (χ4n) is 3.15. The van der Waals surface area contributed by atoms with Crippen molar-refractivity contribution in [3.8, 4) is 0 Å². The summed E-state index contributed by atoms with van der Waals surface area (Å²) in [4.78, 5) is 11.6. The van der Waals surface area contributed by atoms with E-state index >= 15 is 0 Å². The Hall–Kier alpha value is -3.21. The molecule has 1 heterocycles. The average molecular weight is 336 g/mol. The highest BCUT2D eigenvalue weighted by Gasteiger charge is 2.16. The highest BCUT2D eigenvalue weighted by Crippen LogP contribution is 2.26. The van der Waals surface area contributed by atoms with Crippen LogP contribution < -0.4 is 5.73 Å². The lowest BCUT2D eigenvalue weighted by atomic mass is 10.1. The summed E-state index contributed by atoms with van der Waals surface area (Å²) >= 11 is 0. The van der Waals surface area contributed by atoms with E-state index in [1.807, 2.05) is 42.5 Å². The maximum Gasteiger partial charge on any atom is 0.250 e. The average Bonchev–Trinajstić information content (AvgIpc) is 2.93. The van der Waals surface area contributed by atoms with Gasteiger partial charge in [0.2, 0.25) is 0 Å². The van der Waals surface area contributed by atoms with Crippen molar-refractivity contribution < 1.29 is 13.6 Å². The molecule has 2 N–H and O–H groups in total. The van der Waals surface area contributed by atoms with Gasteiger partial charge in [0.05, 0.1) is 11.1 Å². The van der Waals surface area contributed by atoms with Crippen LogP contribution in [0.5, 0.6) is 0 Å². The molecule has 0 radical (unpaired) electrons. The highest BCUT2D eigenvalue weighted by molar-refractivity contribution is 6.06. The normalized spacial score (nSPS) is 11.3.